The van der Waals surface area contributed by atoms with Crippen LogP contribution >= 0.6 is 0 Å². The van der Waals surface area contributed by atoms with Gasteiger partial charge in [-0.15, -0.1) is 0 Å². The second-order valence-corrected chi connectivity index (χ2v) is 4.99. The predicted octanol–water partition coefficient (Wildman–Crippen LogP) is 2.82. The number of carbonyl (C=O) groups is 1. The van der Waals surface area contributed by atoms with Gasteiger partial charge in [-0.05, 0) is 19.1 Å². The number of halogens is 3. The third kappa shape index (κ3) is 2.63. The Morgan fingerprint density at radius 2 is 2.04 bits per heavy atom. The molecular formula is C15H11F3N4O. The molecule has 8 heteroatoms. The smallest absolute Gasteiger partial charge is 0.364 e. The highest BCUT2D eigenvalue weighted by Crippen LogP contribution is 2.33. The molecule has 0 unspecified atom stereocenters. The molecule has 2 heterocycles. The number of imidazole rings is 1. The van der Waals surface area contributed by atoms with E-state index in [0.29, 0.717) is 22.6 Å². The van der Waals surface area contributed by atoms with Gasteiger partial charge in [-0.3, -0.25) is 9.20 Å². The zero-order valence-electron chi connectivity index (χ0n) is 11.9. The maximum absolute atomic E-state index is 12.9. The Labute approximate surface area is 128 Å². The van der Waals surface area contributed by atoms with Gasteiger partial charge < -0.3 is 5.73 Å². The van der Waals surface area contributed by atoms with Gasteiger partial charge in [0.15, 0.2) is 5.65 Å². The minimum Gasteiger partial charge on any atom is -0.364 e. The van der Waals surface area contributed by atoms with E-state index in [1.807, 2.05) is 0 Å². The largest absolute Gasteiger partial charge is 0.416 e. The lowest BCUT2D eigenvalue weighted by Crippen LogP contribution is -2.14. The molecule has 118 valence electrons. The number of hydrogen-bond donors (Lipinski definition) is 1. The molecular weight excluding hydrogens is 309 g/mol. The maximum atomic E-state index is 12.9. The zero-order valence-corrected chi connectivity index (χ0v) is 11.9. The van der Waals surface area contributed by atoms with E-state index in [9.17, 15) is 18.0 Å². The first-order valence-electron chi connectivity index (χ1n) is 6.59. The quantitative estimate of drug-likeness (QED) is 0.789. The molecule has 2 N–H and O–H groups in total. The fourth-order valence-electron chi connectivity index (χ4n) is 2.39. The first kappa shape index (κ1) is 15.0. The van der Waals surface area contributed by atoms with Crippen molar-refractivity contribution in [2.24, 2.45) is 5.73 Å². The van der Waals surface area contributed by atoms with Crippen LogP contribution in [0.2, 0.25) is 0 Å². The number of primary amides is 1. The molecule has 1 aromatic carbocycles. The second kappa shape index (κ2) is 5.08. The van der Waals surface area contributed by atoms with Gasteiger partial charge in [0, 0.05) is 11.8 Å². The molecule has 0 bridgehead atoms. The van der Waals surface area contributed by atoms with Crippen LogP contribution in [0.1, 0.15) is 21.7 Å². The Bertz CT molecular complexity index is 915. The van der Waals surface area contributed by atoms with Gasteiger partial charge in [0.2, 0.25) is 0 Å². The van der Waals surface area contributed by atoms with Crippen LogP contribution in [0.4, 0.5) is 13.2 Å². The third-order valence-electron chi connectivity index (χ3n) is 3.40. The first-order valence-corrected chi connectivity index (χ1v) is 6.59. The second-order valence-electron chi connectivity index (χ2n) is 4.99. The van der Waals surface area contributed by atoms with Crippen LogP contribution in [0.25, 0.3) is 16.9 Å². The summed E-state index contributed by atoms with van der Waals surface area (Å²) in [6.45, 7) is 1.67. The van der Waals surface area contributed by atoms with Crippen LogP contribution in [-0.2, 0) is 6.18 Å². The van der Waals surface area contributed by atoms with Gasteiger partial charge in [0.1, 0.15) is 5.69 Å². The third-order valence-corrected chi connectivity index (χ3v) is 3.40. The average molecular weight is 320 g/mol. The Hall–Kier alpha value is -2.90. The normalized spacial score (nSPS) is 11.8. The van der Waals surface area contributed by atoms with Crippen molar-refractivity contribution in [3.05, 3.63) is 53.6 Å². The van der Waals surface area contributed by atoms with Crippen molar-refractivity contribution in [3.63, 3.8) is 0 Å². The molecule has 0 aliphatic heterocycles. The Morgan fingerprint density at radius 1 is 1.30 bits per heavy atom. The standard InChI is InChI=1S/C15H11F3N4O/c1-8-13(9-3-2-4-10(5-9)15(16,17)18)22-7-11(14(19)23)20-6-12(22)21-8/h2-7H,1H3,(H2,19,23). The molecule has 0 fully saturated rings. The number of rotatable bonds is 2. The van der Waals surface area contributed by atoms with E-state index in [1.54, 1.807) is 13.0 Å². The summed E-state index contributed by atoms with van der Waals surface area (Å²) in [7, 11) is 0. The molecule has 0 aliphatic rings. The maximum Gasteiger partial charge on any atom is 0.416 e. The highest BCUT2D eigenvalue weighted by molar-refractivity contribution is 5.90. The van der Waals surface area contributed by atoms with E-state index >= 15 is 0 Å². The topological polar surface area (TPSA) is 73.3 Å². The van der Waals surface area contributed by atoms with E-state index in [4.69, 9.17) is 5.73 Å². The number of aryl methyl sites for hydroxylation is 1. The summed E-state index contributed by atoms with van der Waals surface area (Å²) < 4.78 is 40.2. The monoisotopic (exact) mass is 320 g/mol. The van der Waals surface area contributed by atoms with E-state index in [0.717, 1.165) is 12.1 Å². The van der Waals surface area contributed by atoms with Gasteiger partial charge in [-0.25, -0.2) is 9.97 Å². The van der Waals surface area contributed by atoms with Crippen molar-refractivity contribution in [2.75, 3.05) is 0 Å². The van der Waals surface area contributed by atoms with E-state index in [1.165, 1.54) is 22.9 Å². The molecule has 0 aliphatic carbocycles. The number of nitrogens with zero attached hydrogens (tertiary/aromatic N) is 3. The number of alkyl halides is 3. The molecule has 3 rings (SSSR count). The van der Waals surface area contributed by atoms with Crippen molar-refractivity contribution >= 4 is 11.6 Å². The summed E-state index contributed by atoms with van der Waals surface area (Å²) in [5.41, 5.74) is 6.18. The van der Waals surface area contributed by atoms with E-state index in [-0.39, 0.29) is 5.69 Å². The highest BCUT2D eigenvalue weighted by atomic mass is 19.4. The van der Waals surface area contributed by atoms with Crippen LogP contribution in [0.5, 0.6) is 0 Å². The van der Waals surface area contributed by atoms with Crippen LogP contribution in [0.15, 0.2) is 36.7 Å². The lowest BCUT2D eigenvalue weighted by atomic mass is 10.1. The zero-order chi connectivity index (χ0) is 16.8. The molecule has 2 aromatic heterocycles. The molecule has 0 atom stereocenters. The van der Waals surface area contributed by atoms with Crippen LogP contribution in [-0.4, -0.2) is 20.3 Å². The molecule has 1 amide bonds. The van der Waals surface area contributed by atoms with Gasteiger partial charge in [0.05, 0.1) is 23.1 Å². The summed E-state index contributed by atoms with van der Waals surface area (Å²) in [4.78, 5) is 19.4. The summed E-state index contributed by atoms with van der Waals surface area (Å²) in [5, 5.41) is 0. The van der Waals surface area contributed by atoms with Crippen molar-refractivity contribution in [3.8, 4) is 11.3 Å². The minimum absolute atomic E-state index is 0.00289. The summed E-state index contributed by atoms with van der Waals surface area (Å²) in [6.07, 6.45) is -1.72. The van der Waals surface area contributed by atoms with Gasteiger partial charge >= 0.3 is 6.18 Å². The van der Waals surface area contributed by atoms with Gasteiger partial charge in [-0.1, -0.05) is 12.1 Å². The van der Waals surface area contributed by atoms with Crippen molar-refractivity contribution in [2.45, 2.75) is 13.1 Å². The molecule has 0 saturated heterocycles. The predicted molar refractivity (Wildman–Crippen MR) is 76.7 cm³/mol. The van der Waals surface area contributed by atoms with Gasteiger partial charge in [0.25, 0.3) is 5.91 Å². The number of amides is 1. The van der Waals surface area contributed by atoms with E-state index in [2.05, 4.69) is 9.97 Å². The van der Waals surface area contributed by atoms with Crippen molar-refractivity contribution in [1.29, 1.82) is 0 Å². The fourth-order valence-corrected chi connectivity index (χ4v) is 2.39. The summed E-state index contributed by atoms with van der Waals surface area (Å²) in [5.74, 6) is -0.728. The molecule has 0 saturated carbocycles. The van der Waals surface area contributed by atoms with Crippen LogP contribution < -0.4 is 5.73 Å². The Morgan fingerprint density at radius 3 is 2.70 bits per heavy atom. The molecule has 0 radical (unpaired) electrons. The lowest BCUT2D eigenvalue weighted by molar-refractivity contribution is -0.137. The fraction of sp³-hybridized carbons (Fsp3) is 0.133. The number of benzene rings is 1. The molecule has 0 spiro atoms. The number of aromatic nitrogens is 3. The first-order chi connectivity index (χ1) is 10.8. The molecule has 23 heavy (non-hydrogen) atoms. The van der Waals surface area contributed by atoms with Crippen molar-refractivity contribution in [1.82, 2.24) is 14.4 Å². The number of carbonyl (C=O) groups excluding carboxylic acids is 1. The number of nitrogens with two attached hydrogens (primary N) is 1. The lowest BCUT2D eigenvalue weighted by Gasteiger charge is -2.09. The summed E-state index contributed by atoms with van der Waals surface area (Å²) in [6, 6.07) is 4.92. The molecule has 3 aromatic rings. The summed E-state index contributed by atoms with van der Waals surface area (Å²) >= 11 is 0. The number of fused-ring (bicyclic) bond motifs is 1. The van der Waals surface area contributed by atoms with Crippen LogP contribution in [0.3, 0.4) is 0 Å². The number of hydrogen-bond acceptors (Lipinski definition) is 3. The average Bonchev–Trinajstić information content (AvgIpc) is 2.81. The van der Waals surface area contributed by atoms with Crippen molar-refractivity contribution < 1.29 is 18.0 Å². The van der Waals surface area contributed by atoms with E-state index < -0.39 is 17.6 Å². The molecule has 5 nitrogen and oxygen atoms in total. The van der Waals surface area contributed by atoms with Gasteiger partial charge in [-0.2, -0.15) is 13.2 Å². The Kier molecular flexibility index (Phi) is 3.32. The Balaban J connectivity index is 2.25. The minimum atomic E-state index is -4.44. The SMILES string of the molecule is Cc1nc2cnc(C(N)=O)cn2c1-c1cccc(C(F)(F)F)c1. The highest BCUT2D eigenvalue weighted by Gasteiger charge is 2.30. The van der Waals surface area contributed by atoms with Crippen LogP contribution in [0, 0.1) is 6.92 Å².